The van der Waals surface area contributed by atoms with Crippen molar-refractivity contribution in [3.8, 4) is 11.4 Å². The molecular weight excluding hydrogens is 292 g/mol. The summed E-state index contributed by atoms with van der Waals surface area (Å²) in [5.41, 5.74) is 3.87. The lowest BCUT2D eigenvalue weighted by atomic mass is 10.1. The van der Waals surface area contributed by atoms with Gasteiger partial charge in [0.15, 0.2) is 5.82 Å². The Morgan fingerprint density at radius 1 is 0.958 bits per heavy atom. The van der Waals surface area contributed by atoms with E-state index in [1.54, 1.807) is 0 Å². The number of aryl methyl sites for hydroxylation is 1. The van der Waals surface area contributed by atoms with E-state index in [0.29, 0.717) is 0 Å². The summed E-state index contributed by atoms with van der Waals surface area (Å²) in [5, 5.41) is 2.30. The van der Waals surface area contributed by atoms with Crippen LogP contribution in [0, 0.1) is 6.92 Å². The molecule has 0 radical (unpaired) electrons. The van der Waals surface area contributed by atoms with Crippen molar-refractivity contribution >= 4 is 11.6 Å². The van der Waals surface area contributed by atoms with Crippen molar-refractivity contribution in [2.75, 3.05) is 0 Å². The monoisotopic (exact) mass is 312 g/mol. The predicted octanol–water partition coefficient (Wildman–Crippen LogP) is 3.64. The second-order valence-electron chi connectivity index (χ2n) is 5.58. The third-order valence-electron chi connectivity index (χ3n) is 3.93. The molecule has 0 spiro atoms. The van der Waals surface area contributed by atoms with Crippen LogP contribution < -0.4 is 10.4 Å². The smallest absolute Gasteiger partial charge is 0.160 e. The van der Waals surface area contributed by atoms with Gasteiger partial charge in [0.1, 0.15) is 0 Å². The summed E-state index contributed by atoms with van der Waals surface area (Å²) in [4.78, 5) is 9.38. The van der Waals surface area contributed by atoms with Crippen LogP contribution in [0.3, 0.4) is 0 Å². The fourth-order valence-electron chi connectivity index (χ4n) is 2.77. The van der Waals surface area contributed by atoms with Gasteiger partial charge < -0.3 is 0 Å². The maximum absolute atomic E-state index is 4.79. The van der Waals surface area contributed by atoms with Gasteiger partial charge in [0.2, 0.25) is 0 Å². The predicted molar refractivity (Wildman–Crippen MR) is 101 cm³/mol. The van der Waals surface area contributed by atoms with Crippen LogP contribution in [0.2, 0.25) is 0 Å². The first-order chi connectivity index (χ1) is 11.7. The van der Waals surface area contributed by atoms with Gasteiger partial charge in [-0.2, -0.15) is 0 Å². The van der Waals surface area contributed by atoms with E-state index in [9.17, 15) is 0 Å². The average Bonchev–Trinajstić information content (AvgIpc) is 2.63. The maximum atomic E-state index is 4.79. The summed E-state index contributed by atoms with van der Waals surface area (Å²) in [6.07, 6.45) is 3.98. The van der Waals surface area contributed by atoms with Crippen molar-refractivity contribution in [3.05, 3.63) is 95.1 Å². The Labute approximate surface area is 142 Å². The molecule has 0 bridgehead atoms. The van der Waals surface area contributed by atoms with Gasteiger partial charge in [-0.25, -0.2) is 9.97 Å². The standard InChI is InChI=1S/C22H20N2/c1-4-17-11-9-10-14-20(17)19(5-2)21-15-16(3)23-22(24-21)18-12-7-6-8-13-18/h4-15H,2H2,1,3H3/b17-4-,20-19+. The van der Waals surface area contributed by atoms with Crippen molar-refractivity contribution in [2.45, 2.75) is 13.8 Å². The molecule has 2 heteroatoms. The van der Waals surface area contributed by atoms with Gasteiger partial charge in [0, 0.05) is 16.8 Å². The Morgan fingerprint density at radius 2 is 1.67 bits per heavy atom. The highest BCUT2D eigenvalue weighted by molar-refractivity contribution is 5.72. The molecule has 2 nitrogen and oxygen atoms in total. The van der Waals surface area contributed by atoms with Crippen molar-refractivity contribution in [3.63, 3.8) is 0 Å². The van der Waals surface area contributed by atoms with E-state index >= 15 is 0 Å². The summed E-state index contributed by atoms with van der Waals surface area (Å²) in [6.45, 7) is 8.05. The van der Waals surface area contributed by atoms with Gasteiger partial charge in [0.25, 0.3) is 0 Å². The highest BCUT2D eigenvalue weighted by Gasteiger charge is 2.08. The molecule has 0 aliphatic carbocycles. The minimum atomic E-state index is 0.739. The first-order valence-corrected chi connectivity index (χ1v) is 8.02. The molecule has 0 fully saturated rings. The number of hydrogen-bond donors (Lipinski definition) is 0. The molecule has 24 heavy (non-hydrogen) atoms. The maximum Gasteiger partial charge on any atom is 0.160 e. The molecule has 3 aromatic rings. The second-order valence-corrected chi connectivity index (χ2v) is 5.58. The van der Waals surface area contributed by atoms with Gasteiger partial charge in [-0.3, -0.25) is 0 Å². The molecule has 0 N–H and O–H groups in total. The molecule has 3 rings (SSSR count). The lowest BCUT2D eigenvalue weighted by Gasteiger charge is -2.08. The van der Waals surface area contributed by atoms with Crippen molar-refractivity contribution in [1.82, 2.24) is 9.97 Å². The highest BCUT2D eigenvalue weighted by Crippen LogP contribution is 2.18. The molecule has 0 saturated carbocycles. The number of allylic oxidation sites excluding steroid dienone is 1. The fourth-order valence-corrected chi connectivity index (χ4v) is 2.77. The molecule has 0 unspecified atom stereocenters. The summed E-state index contributed by atoms with van der Waals surface area (Å²) in [7, 11) is 0. The first-order valence-electron chi connectivity index (χ1n) is 8.02. The largest absolute Gasteiger partial charge is 0.233 e. The van der Waals surface area contributed by atoms with E-state index in [2.05, 4.69) is 29.8 Å². The highest BCUT2D eigenvalue weighted by atomic mass is 14.9. The Morgan fingerprint density at radius 3 is 2.38 bits per heavy atom. The Kier molecular flexibility index (Phi) is 4.66. The van der Waals surface area contributed by atoms with E-state index in [0.717, 1.165) is 33.6 Å². The van der Waals surface area contributed by atoms with Crippen molar-refractivity contribution in [2.24, 2.45) is 0 Å². The van der Waals surface area contributed by atoms with Gasteiger partial charge in [-0.15, -0.1) is 0 Å². The van der Waals surface area contributed by atoms with Crippen molar-refractivity contribution in [1.29, 1.82) is 0 Å². The summed E-state index contributed by atoms with van der Waals surface area (Å²) in [6, 6.07) is 20.3. The Hall–Kier alpha value is -3.00. The normalized spacial score (nSPS) is 12.8. The summed E-state index contributed by atoms with van der Waals surface area (Å²) in [5.74, 6) is 0.739. The van der Waals surface area contributed by atoms with E-state index in [-0.39, 0.29) is 0 Å². The van der Waals surface area contributed by atoms with E-state index in [1.807, 2.05) is 68.5 Å². The van der Waals surface area contributed by atoms with Gasteiger partial charge >= 0.3 is 0 Å². The van der Waals surface area contributed by atoms with Crippen LogP contribution in [0.5, 0.6) is 0 Å². The molecule has 1 aromatic heterocycles. The number of aromatic nitrogens is 2. The van der Waals surface area contributed by atoms with Crippen LogP contribution >= 0.6 is 0 Å². The Balaban J connectivity index is 2.29. The van der Waals surface area contributed by atoms with Gasteiger partial charge in [-0.05, 0) is 30.4 Å². The topological polar surface area (TPSA) is 25.8 Å². The van der Waals surface area contributed by atoms with Crippen LogP contribution in [-0.2, 0) is 0 Å². The number of rotatable bonds is 3. The molecule has 0 aliphatic heterocycles. The number of benzene rings is 2. The SMILES string of the molecule is C=C/C(c1cc(C)nc(-c2ccccc2)n1)=c1/cccc/c1=C/C. The lowest BCUT2D eigenvalue weighted by molar-refractivity contribution is 1.09. The van der Waals surface area contributed by atoms with Gasteiger partial charge in [0.05, 0.1) is 5.69 Å². The lowest BCUT2D eigenvalue weighted by Crippen LogP contribution is -2.26. The molecule has 118 valence electrons. The fraction of sp³-hybridized carbons (Fsp3) is 0.0909. The molecule has 2 aromatic carbocycles. The zero-order valence-corrected chi connectivity index (χ0v) is 14.0. The second kappa shape index (κ2) is 7.05. The molecule has 0 aliphatic rings. The average molecular weight is 312 g/mol. The van der Waals surface area contributed by atoms with E-state index in [4.69, 9.17) is 4.98 Å². The zero-order chi connectivity index (χ0) is 16.9. The van der Waals surface area contributed by atoms with Crippen LogP contribution in [0.4, 0.5) is 0 Å². The summed E-state index contributed by atoms with van der Waals surface area (Å²) < 4.78 is 0. The van der Waals surface area contributed by atoms with Crippen LogP contribution in [0.25, 0.3) is 23.0 Å². The van der Waals surface area contributed by atoms with Crippen LogP contribution in [-0.4, -0.2) is 9.97 Å². The zero-order valence-electron chi connectivity index (χ0n) is 14.0. The first kappa shape index (κ1) is 15.9. The minimum absolute atomic E-state index is 0.739. The number of nitrogens with zero attached hydrogens (tertiary/aromatic N) is 2. The molecule has 1 heterocycles. The van der Waals surface area contributed by atoms with Crippen LogP contribution in [0.1, 0.15) is 18.3 Å². The third kappa shape index (κ3) is 3.18. The number of hydrogen-bond acceptors (Lipinski definition) is 2. The molecule has 0 saturated heterocycles. The quantitative estimate of drug-likeness (QED) is 0.738. The third-order valence-corrected chi connectivity index (χ3v) is 3.93. The summed E-state index contributed by atoms with van der Waals surface area (Å²) >= 11 is 0. The Bertz CT molecular complexity index is 986. The van der Waals surface area contributed by atoms with E-state index in [1.165, 1.54) is 5.22 Å². The van der Waals surface area contributed by atoms with Crippen LogP contribution in [0.15, 0.2) is 73.3 Å². The minimum Gasteiger partial charge on any atom is -0.233 e. The molecule has 0 atom stereocenters. The van der Waals surface area contributed by atoms with E-state index < -0.39 is 0 Å². The van der Waals surface area contributed by atoms with Gasteiger partial charge in [-0.1, -0.05) is 73.3 Å². The van der Waals surface area contributed by atoms with Crippen molar-refractivity contribution < 1.29 is 0 Å². The molecule has 0 amide bonds. The molecular formula is C22H20N2.